The Morgan fingerprint density at radius 3 is 3.18 bits per heavy atom. The minimum absolute atomic E-state index is 0.466. The Balaban J connectivity index is 1.94. The molecule has 0 aliphatic carbocycles. The van der Waals surface area contributed by atoms with Gasteiger partial charge in [-0.15, -0.1) is 0 Å². The molecule has 0 bridgehead atoms. The summed E-state index contributed by atoms with van der Waals surface area (Å²) < 4.78 is 5.12. The van der Waals surface area contributed by atoms with Crippen LogP contribution in [-0.2, 0) is 4.74 Å². The molecule has 2 aliphatic rings. The first-order chi connectivity index (χ1) is 5.45. The maximum Gasteiger partial charge on any atom is 0.0864 e. The average Bonchev–Trinajstić information content (AvgIpc) is 2.77. The fraction of sp³-hybridized carbons (Fsp3) is 0.333. The van der Waals surface area contributed by atoms with Crippen LogP contribution in [0, 0.1) is 0 Å². The molecule has 2 heterocycles. The summed E-state index contributed by atoms with van der Waals surface area (Å²) in [6.07, 6.45) is 11.5. The van der Waals surface area contributed by atoms with Gasteiger partial charge in [-0.25, -0.2) is 0 Å². The summed E-state index contributed by atoms with van der Waals surface area (Å²) in [6, 6.07) is 0. The van der Waals surface area contributed by atoms with Crippen molar-refractivity contribution in [3.05, 3.63) is 36.2 Å². The number of allylic oxidation sites excluding steroid dienone is 4. The lowest BCUT2D eigenvalue weighted by atomic mass is 10.2. The van der Waals surface area contributed by atoms with Gasteiger partial charge in [-0.1, -0.05) is 12.2 Å². The molecule has 0 radical (unpaired) electrons. The van der Waals surface area contributed by atoms with E-state index in [0.717, 1.165) is 13.0 Å². The fourth-order valence-electron chi connectivity index (χ4n) is 1.05. The van der Waals surface area contributed by atoms with Gasteiger partial charge in [0.15, 0.2) is 0 Å². The molecule has 2 heteroatoms. The molecule has 1 fully saturated rings. The summed E-state index contributed by atoms with van der Waals surface area (Å²) in [5, 5.41) is 3.19. The van der Waals surface area contributed by atoms with Crippen molar-refractivity contribution in [1.29, 1.82) is 0 Å². The van der Waals surface area contributed by atoms with E-state index >= 15 is 0 Å². The Morgan fingerprint density at radius 2 is 2.36 bits per heavy atom. The first-order valence-electron chi connectivity index (χ1n) is 3.86. The lowest BCUT2D eigenvalue weighted by molar-refractivity contribution is 0.405. The molecule has 11 heavy (non-hydrogen) atoms. The van der Waals surface area contributed by atoms with Crippen molar-refractivity contribution in [2.75, 3.05) is 6.61 Å². The molecule has 0 amide bonds. The van der Waals surface area contributed by atoms with Crippen LogP contribution in [0.15, 0.2) is 36.2 Å². The van der Waals surface area contributed by atoms with Crippen LogP contribution in [0.1, 0.15) is 6.42 Å². The van der Waals surface area contributed by atoms with Crippen molar-refractivity contribution >= 4 is 0 Å². The van der Waals surface area contributed by atoms with Crippen LogP contribution in [0.2, 0.25) is 0 Å². The maximum absolute atomic E-state index is 5.12. The smallest absolute Gasteiger partial charge is 0.0864 e. The molecule has 58 valence electrons. The summed E-state index contributed by atoms with van der Waals surface area (Å²) >= 11 is 0. The van der Waals surface area contributed by atoms with Gasteiger partial charge < -0.3 is 10.1 Å². The first kappa shape index (κ1) is 6.68. The molecule has 1 unspecified atom stereocenters. The molecule has 2 aliphatic heterocycles. The quantitative estimate of drug-likeness (QED) is 0.599. The van der Waals surface area contributed by atoms with E-state index in [4.69, 9.17) is 4.74 Å². The van der Waals surface area contributed by atoms with Gasteiger partial charge in [0.2, 0.25) is 0 Å². The van der Waals surface area contributed by atoms with E-state index in [9.17, 15) is 0 Å². The van der Waals surface area contributed by atoms with Crippen LogP contribution in [0.3, 0.4) is 0 Å². The topological polar surface area (TPSA) is 24.6 Å². The maximum atomic E-state index is 5.12. The number of hydrogen-bond donors (Lipinski definition) is 1. The highest BCUT2D eigenvalue weighted by atomic mass is 16.6. The van der Waals surface area contributed by atoms with Crippen LogP contribution in [0.5, 0.6) is 0 Å². The highest BCUT2D eigenvalue weighted by Gasteiger charge is 2.23. The minimum Gasteiger partial charge on any atom is -0.373 e. The van der Waals surface area contributed by atoms with Gasteiger partial charge in [0.25, 0.3) is 0 Å². The largest absolute Gasteiger partial charge is 0.373 e. The van der Waals surface area contributed by atoms with Crippen molar-refractivity contribution < 1.29 is 4.74 Å². The summed E-state index contributed by atoms with van der Waals surface area (Å²) in [6.45, 7) is 0.923. The molecule has 2 nitrogen and oxygen atoms in total. The third-order valence-corrected chi connectivity index (χ3v) is 1.73. The SMILES string of the molecule is C1=CC=C(CC2CO2)NC=C1. The standard InChI is InChI=1S/C9H11NO/c1-2-4-8(10-5-3-1)6-9-7-11-9/h1-5,9-10H,6-7H2. The fourth-order valence-corrected chi connectivity index (χ4v) is 1.05. The second kappa shape index (κ2) is 2.93. The Labute approximate surface area is 66.2 Å². The van der Waals surface area contributed by atoms with Crippen molar-refractivity contribution in [1.82, 2.24) is 5.32 Å². The van der Waals surface area contributed by atoms with E-state index < -0.39 is 0 Å². The van der Waals surface area contributed by atoms with Crippen LogP contribution in [0.4, 0.5) is 0 Å². The van der Waals surface area contributed by atoms with Crippen molar-refractivity contribution in [3.8, 4) is 0 Å². The summed E-state index contributed by atoms with van der Waals surface area (Å²) in [5.74, 6) is 0. The van der Waals surface area contributed by atoms with Gasteiger partial charge in [0.1, 0.15) is 0 Å². The van der Waals surface area contributed by atoms with Gasteiger partial charge in [-0.05, 0) is 12.2 Å². The molecular weight excluding hydrogens is 138 g/mol. The average molecular weight is 149 g/mol. The predicted octanol–water partition coefficient (Wildman–Crippen LogP) is 1.33. The Morgan fingerprint density at radius 1 is 1.45 bits per heavy atom. The Bertz CT molecular complexity index is 224. The van der Waals surface area contributed by atoms with E-state index in [2.05, 4.69) is 11.4 Å². The van der Waals surface area contributed by atoms with Crippen LogP contribution >= 0.6 is 0 Å². The lowest BCUT2D eigenvalue weighted by Crippen LogP contribution is -2.06. The van der Waals surface area contributed by atoms with Crippen LogP contribution in [-0.4, -0.2) is 12.7 Å². The number of hydrogen-bond acceptors (Lipinski definition) is 2. The molecule has 1 N–H and O–H groups in total. The molecule has 0 aromatic carbocycles. The molecule has 2 rings (SSSR count). The third-order valence-electron chi connectivity index (χ3n) is 1.73. The Kier molecular flexibility index (Phi) is 1.78. The summed E-state index contributed by atoms with van der Waals surface area (Å²) in [7, 11) is 0. The number of ether oxygens (including phenoxy) is 1. The molecule has 0 spiro atoms. The Hall–Kier alpha value is -1.02. The zero-order valence-electron chi connectivity index (χ0n) is 6.29. The highest BCUT2D eigenvalue weighted by Crippen LogP contribution is 2.17. The van der Waals surface area contributed by atoms with Crippen molar-refractivity contribution in [2.45, 2.75) is 12.5 Å². The molecule has 0 saturated carbocycles. The van der Waals surface area contributed by atoms with Gasteiger partial charge in [0.05, 0.1) is 12.7 Å². The third kappa shape index (κ3) is 1.95. The molecule has 1 atom stereocenters. The van der Waals surface area contributed by atoms with Gasteiger partial charge in [-0.2, -0.15) is 0 Å². The number of rotatable bonds is 2. The van der Waals surface area contributed by atoms with E-state index in [1.807, 2.05) is 24.4 Å². The molecule has 0 aromatic heterocycles. The second-order valence-corrected chi connectivity index (χ2v) is 2.74. The van der Waals surface area contributed by atoms with Crippen molar-refractivity contribution in [3.63, 3.8) is 0 Å². The van der Waals surface area contributed by atoms with Crippen LogP contribution in [0.25, 0.3) is 0 Å². The van der Waals surface area contributed by atoms with E-state index in [0.29, 0.717) is 6.10 Å². The van der Waals surface area contributed by atoms with Crippen LogP contribution < -0.4 is 5.32 Å². The summed E-state index contributed by atoms with van der Waals surface area (Å²) in [4.78, 5) is 0. The van der Waals surface area contributed by atoms with Gasteiger partial charge in [0, 0.05) is 18.3 Å². The van der Waals surface area contributed by atoms with Crippen molar-refractivity contribution in [2.24, 2.45) is 0 Å². The predicted molar refractivity (Wildman–Crippen MR) is 43.9 cm³/mol. The van der Waals surface area contributed by atoms with Gasteiger partial charge >= 0.3 is 0 Å². The number of nitrogens with one attached hydrogen (secondary N) is 1. The monoisotopic (exact) mass is 149 g/mol. The number of epoxide rings is 1. The van der Waals surface area contributed by atoms with E-state index in [-0.39, 0.29) is 0 Å². The minimum atomic E-state index is 0.466. The molecular formula is C9H11NO. The lowest BCUT2D eigenvalue weighted by Gasteiger charge is -2.01. The van der Waals surface area contributed by atoms with E-state index in [1.54, 1.807) is 0 Å². The van der Waals surface area contributed by atoms with E-state index in [1.165, 1.54) is 5.70 Å². The van der Waals surface area contributed by atoms with Gasteiger partial charge in [-0.3, -0.25) is 0 Å². The normalized spacial score (nSPS) is 27.3. The zero-order chi connectivity index (χ0) is 7.52. The zero-order valence-corrected chi connectivity index (χ0v) is 6.29. The molecule has 1 saturated heterocycles. The molecule has 0 aromatic rings. The first-order valence-corrected chi connectivity index (χ1v) is 3.86. The summed E-state index contributed by atoms with van der Waals surface area (Å²) in [5.41, 5.74) is 1.23. The highest BCUT2D eigenvalue weighted by molar-refractivity contribution is 5.21. The second-order valence-electron chi connectivity index (χ2n) is 2.74.